The molecule has 0 aliphatic rings. The highest BCUT2D eigenvalue weighted by Crippen LogP contribution is 2.28. The van der Waals surface area contributed by atoms with Gasteiger partial charge in [-0.2, -0.15) is 11.8 Å². The first-order valence-electron chi connectivity index (χ1n) is 6.78. The van der Waals surface area contributed by atoms with E-state index in [9.17, 15) is 28.6 Å². The van der Waals surface area contributed by atoms with Crippen LogP contribution in [0.25, 0.3) is 0 Å². The zero-order valence-corrected chi connectivity index (χ0v) is 14.5. The number of sulfonamides is 1. The smallest absolute Gasteiger partial charge is 0.279 e. The predicted octanol–water partition coefficient (Wildman–Crippen LogP) is 3.17. The van der Waals surface area contributed by atoms with Crippen LogP contribution in [0.1, 0.15) is 5.56 Å². The van der Waals surface area contributed by atoms with Gasteiger partial charge in [0.25, 0.3) is 21.4 Å². The van der Waals surface area contributed by atoms with Gasteiger partial charge < -0.3 is 0 Å². The Bertz CT molecular complexity index is 930. The van der Waals surface area contributed by atoms with Crippen LogP contribution in [0.4, 0.5) is 17.1 Å². The fourth-order valence-corrected chi connectivity index (χ4v) is 3.85. The van der Waals surface area contributed by atoms with Gasteiger partial charge in [0.15, 0.2) is 4.90 Å². The average molecular weight is 383 g/mol. The standard InChI is InChI=1S/C14H13N3O6S2/c1-24-9-10-6-11(8-12(7-10)16(18)19)15-25(22,23)14-5-3-2-4-13(14)17(20)21/h2-8,15H,9H2,1H3. The van der Waals surface area contributed by atoms with E-state index in [4.69, 9.17) is 0 Å². The Kier molecular flexibility index (Phi) is 5.59. The van der Waals surface area contributed by atoms with Crippen molar-refractivity contribution in [3.05, 3.63) is 68.3 Å². The number of benzene rings is 2. The fourth-order valence-electron chi connectivity index (χ4n) is 2.13. The summed E-state index contributed by atoms with van der Waals surface area (Å²) >= 11 is 1.42. The molecule has 0 radical (unpaired) electrons. The minimum atomic E-state index is -4.28. The Morgan fingerprint density at radius 3 is 2.36 bits per heavy atom. The van der Waals surface area contributed by atoms with Gasteiger partial charge in [-0.25, -0.2) is 8.42 Å². The first kappa shape index (κ1) is 18.7. The lowest BCUT2D eigenvalue weighted by Crippen LogP contribution is -2.15. The molecule has 25 heavy (non-hydrogen) atoms. The molecule has 0 bridgehead atoms. The quantitative estimate of drug-likeness (QED) is 0.573. The van der Waals surface area contributed by atoms with E-state index in [1.54, 1.807) is 6.26 Å². The number of anilines is 1. The maximum absolute atomic E-state index is 12.5. The second kappa shape index (κ2) is 7.49. The van der Waals surface area contributed by atoms with Gasteiger partial charge in [0, 0.05) is 24.0 Å². The summed E-state index contributed by atoms with van der Waals surface area (Å²) < 4.78 is 27.2. The van der Waals surface area contributed by atoms with E-state index in [2.05, 4.69) is 4.72 Å². The van der Waals surface area contributed by atoms with Crippen molar-refractivity contribution < 1.29 is 18.3 Å². The van der Waals surface area contributed by atoms with Gasteiger partial charge >= 0.3 is 0 Å². The predicted molar refractivity (Wildman–Crippen MR) is 94.2 cm³/mol. The lowest BCUT2D eigenvalue weighted by molar-refractivity contribution is -0.387. The number of non-ortho nitro benzene ring substituents is 1. The summed E-state index contributed by atoms with van der Waals surface area (Å²) in [5.74, 6) is 0.446. The zero-order valence-electron chi connectivity index (χ0n) is 12.9. The van der Waals surface area contributed by atoms with E-state index in [0.29, 0.717) is 11.3 Å². The fraction of sp³-hybridized carbons (Fsp3) is 0.143. The number of rotatable bonds is 7. The molecular formula is C14H13N3O6S2. The summed E-state index contributed by atoms with van der Waals surface area (Å²) in [6.07, 6.45) is 1.80. The summed E-state index contributed by atoms with van der Waals surface area (Å²) in [6, 6.07) is 8.74. The number of nitrogens with one attached hydrogen (secondary N) is 1. The maximum atomic E-state index is 12.5. The molecule has 2 rings (SSSR count). The highest BCUT2D eigenvalue weighted by molar-refractivity contribution is 7.97. The molecule has 0 saturated carbocycles. The van der Waals surface area contributed by atoms with Crippen LogP contribution in [0.15, 0.2) is 47.4 Å². The second-order valence-electron chi connectivity index (χ2n) is 4.91. The Morgan fingerprint density at radius 2 is 1.76 bits per heavy atom. The first-order valence-corrected chi connectivity index (χ1v) is 9.66. The van der Waals surface area contributed by atoms with E-state index < -0.39 is 30.5 Å². The molecule has 0 aliphatic carbocycles. The van der Waals surface area contributed by atoms with Gasteiger partial charge in [0.2, 0.25) is 0 Å². The van der Waals surface area contributed by atoms with E-state index in [0.717, 1.165) is 18.2 Å². The van der Waals surface area contributed by atoms with Crippen molar-refractivity contribution in [2.24, 2.45) is 0 Å². The van der Waals surface area contributed by atoms with Crippen LogP contribution in [0.3, 0.4) is 0 Å². The minimum Gasteiger partial charge on any atom is -0.279 e. The van der Waals surface area contributed by atoms with Gasteiger partial charge in [-0.3, -0.25) is 25.0 Å². The average Bonchev–Trinajstić information content (AvgIpc) is 2.54. The Morgan fingerprint density at radius 1 is 1.08 bits per heavy atom. The topological polar surface area (TPSA) is 132 Å². The largest absolute Gasteiger partial charge is 0.289 e. The highest BCUT2D eigenvalue weighted by Gasteiger charge is 2.25. The van der Waals surface area contributed by atoms with E-state index in [1.807, 2.05) is 0 Å². The lowest BCUT2D eigenvalue weighted by Gasteiger charge is -2.10. The molecule has 1 N–H and O–H groups in total. The molecule has 11 heteroatoms. The van der Waals surface area contributed by atoms with Crippen LogP contribution < -0.4 is 4.72 Å². The normalized spacial score (nSPS) is 11.1. The van der Waals surface area contributed by atoms with Crippen LogP contribution in [0.2, 0.25) is 0 Å². The maximum Gasteiger partial charge on any atom is 0.289 e. The monoisotopic (exact) mass is 383 g/mol. The van der Waals surface area contributed by atoms with Gasteiger partial charge in [0.1, 0.15) is 0 Å². The Hall–Kier alpha value is -2.66. The second-order valence-corrected chi connectivity index (χ2v) is 7.43. The van der Waals surface area contributed by atoms with Gasteiger partial charge in [-0.1, -0.05) is 12.1 Å². The lowest BCUT2D eigenvalue weighted by atomic mass is 10.2. The van der Waals surface area contributed by atoms with Crippen LogP contribution in [-0.4, -0.2) is 24.5 Å². The SMILES string of the molecule is CSCc1cc(NS(=O)(=O)c2ccccc2[N+](=O)[O-])cc([N+](=O)[O-])c1. The zero-order chi connectivity index (χ0) is 18.6. The third-order valence-electron chi connectivity index (χ3n) is 3.10. The number of hydrogen-bond acceptors (Lipinski definition) is 7. The van der Waals surface area contributed by atoms with E-state index >= 15 is 0 Å². The van der Waals surface area contributed by atoms with E-state index in [-0.39, 0.29) is 11.4 Å². The molecule has 0 amide bonds. The number of para-hydroxylation sites is 1. The highest BCUT2D eigenvalue weighted by atomic mass is 32.2. The molecule has 2 aromatic rings. The number of nitro benzene ring substituents is 2. The molecule has 0 aliphatic heterocycles. The molecule has 9 nitrogen and oxygen atoms in total. The molecule has 0 aromatic heterocycles. The van der Waals surface area contributed by atoms with Crippen molar-refractivity contribution in [2.45, 2.75) is 10.6 Å². The van der Waals surface area contributed by atoms with Crippen LogP contribution in [0.5, 0.6) is 0 Å². The van der Waals surface area contributed by atoms with E-state index in [1.165, 1.54) is 36.0 Å². The van der Waals surface area contributed by atoms with Crippen molar-refractivity contribution in [3.8, 4) is 0 Å². The third-order valence-corrected chi connectivity index (χ3v) is 5.15. The van der Waals surface area contributed by atoms with Gasteiger partial charge in [-0.15, -0.1) is 0 Å². The molecule has 0 saturated heterocycles. The van der Waals surface area contributed by atoms with Crippen LogP contribution in [0, 0.1) is 20.2 Å². The number of thioether (sulfide) groups is 1. The molecule has 0 unspecified atom stereocenters. The van der Waals surface area contributed by atoms with Crippen molar-refractivity contribution in [3.63, 3.8) is 0 Å². The molecule has 0 heterocycles. The molecular weight excluding hydrogens is 370 g/mol. The molecule has 0 spiro atoms. The summed E-state index contributed by atoms with van der Waals surface area (Å²) in [4.78, 5) is 20.1. The van der Waals surface area contributed by atoms with Crippen molar-refractivity contribution >= 4 is 38.8 Å². The number of nitro groups is 2. The van der Waals surface area contributed by atoms with Crippen molar-refractivity contribution in [1.29, 1.82) is 0 Å². The molecule has 0 atom stereocenters. The Balaban J connectivity index is 2.48. The third kappa shape index (κ3) is 4.45. The summed E-state index contributed by atoms with van der Waals surface area (Å²) in [5.41, 5.74) is -0.324. The van der Waals surface area contributed by atoms with Gasteiger partial charge in [-0.05, 0) is 24.0 Å². The number of hydrogen-bond donors (Lipinski definition) is 1. The summed E-state index contributed by atoms with van der Waals surface area (Å²) in [6.45, 7) is 0. The van der Waals surface area contributed by atoms with Crippen molar-refractivity contribution in [1.82, 2.24) is 0 Å². The van der Waals surface area contributed by atoms with Crippen molar-refractivity contribution in [2.75, 3.05) is 11.0 Å². The van der Waals surface area contributed by atoms with Crippen LogP contribution in [-0.2, 0) is 15.8 Å². The number of nitrogens with zero attached hydrogens (tertiary/aromatic N) is 2. The molecule has 0 fully saturated rings. The van der Waals surface area contributed by atoms with Crippen LogP contribution >= 0.6 is 11.8 Å². The molecule has 132 valence electrons. The Labute approximate surface area is 147 Å². The summed E-state index contributed by atoms with van der Waals surface area (Å²) in [7, 11) is -4.28. The minimum absolute atomic E-state index is 0.0311. The van der Waals surface area contributed by atoms with Gasteiger partial charge in [0.05, 0.1) is 15.5 Å². The molecule has 2 aromatic carbocycles. The first-order chi connectivity index (χ1) is 11.7. The summed E-state index contributed by atoms with van der Waals surface area (Å²) in [5, 5.41) is 22.0.